The summed E-state index contributed by atoms with van der Waals surface area (Å²) in [7, 11) is 0. The second kappa shape index (κ2) is 6.21. The van der Waals surface area contributed by atoms with Gasteiger partial charge < -0.3 is 5.32 Å². The summed E-state index contributed by atoms with van der Waals surface area (Å²) in [5.41, 5.74) is 4.06. The molecular formula is C17H18ClNS. The summed E-state index contributed by atoms with van der Waals surface area (Å²) in [6, 6.07) is 17.5. The molecule has 104 valence electrons. The van der Waals surface area contributed by atoms with Gasteiger partial charge >= 0.3 is 0 Å². The van der Waals surface area contributed by atoms with Gasteiger partial charge in [-0.3, -0.25) is 0 Å². The number of nitrogens with one attached hydrogen (secondary N) is 1. The first kappa shape index (κ1) is 14.0. The summed E-state index contributed by atoms with van der Waals surface area (Å²) in [5, 5.41) is 4.56. The van der Waals surface area contributed by atoms with Crippen LogP contribution in [0, 0.1) is 0 Å². The largest absolute Gasteiger partial charge is 0.303 e. The number of rotatable bonds is 3. The van der Waals surface area contributed by atoms with Gasteiger partial charge in [0.1, 0.15) is 0 Å². The van der Waals surface area contributed by atoms with Gasteiger partial charge in [-0.15, -0.1) is 0 Å². The van der Waals surface area contributed by atoms with E-state index in [-0.39, 0.29) is 6.04 Å². The summed E-state index contributed by atoms with van der Waals surface area (Å²) < 4.78 is 0. The fourth-order valence-corrected chi connectivity index (χ4v) is 4.15. The number of fused-ring (bicyclic) bond motifs is 1. The fourth-order valence-electron chi connectivity index (χ4n) is 2.74. The molecule has 0 aromatic heterocycles. The number of thioether (sulfide) groups is 1. The van der Waals surface area contributed by atoms with Crippen LogP contribution < -0.4 is 5.32 Å². The lowest BCUT2D eigenvalue weighted by Crippen LogP contribution is -2.29. The maximum Gasteiger partial charge on any atom is 0.0453 e. The third-order valence-corrected chi connectivity index (χ3v) is 5.22. The number of halogens is 1. The SMILES string of the molecule is C[C@H](NC1CSCc2ccccc21)c1ccccc1Cl. The molecule has 3 heteroatoms. The van der Waals surface area contributed by atoms with Crippen LogP contribution >= 0.6 is 23.4 Å². The van der Waals surface area contributed by atoms with Crippen LogP contribution in [0.3, 0.4) is 0 Å². The molecule has 0 radical (unpaired) electrons. The second-order valence-electron chi connectivity index (χ2n) is 5.18. The van der Waals surface area contributed by atoms with Crippen LogP contribution in [0.2, 0.25) is 5.02 Å². The maximum absolute atomic E-state index is 6.29. The minimum absolute atomic E-state index is 0.250. The van der Waals surface area contributed by atoms with E-state index in [4.69, 9.17) is 11.6 Å². The van der Waals surface area contributed by atoms with E-state index in [1.807, 2.05) is 30.0 Å². The first-order chi connectivity index (χ1) is 9.75. The lowest BCUT2D eigenvalue weighted by Gasteiger charge is -2.29. The molecule has 1 aliphatic heterocycles. The molecule has 0 fully saturated rings. The van der Waals surface area contributed by atoms with Crippen LogP contribution in [0.5, 0.6) is 0 Å². The summed E-state index contributed by atoms with van der Waals surface area (Å²) >= 11 is 8.28. The van der Waals surface area contributed by atoms with Crippen LogP contribution in [0.1, 0.15) is 35.7 Å². The van der Waals surface area contributed by atoms with Gasteiger partial charge in [0.15, 0.2) is 0 Å². The molecule has 0 aliphatic carbocycles. The average Bonchev–Trinajstić information content (AvgIpc) is 2.48. The summed E-state index contributed by atoms with van der Waals surface area (Å²) in [5.74, 6) is 2.24. The van der Waals surface area contributed by atoms with Crippen LogP contribution in [0.25, 0.3) is 0 Å². The van der Waals surface area contributed by atoms with E-state index in [2.05, 4.69) is 42.6 Å². The zero-order valence-electron chi connectivity index (χ0n) is 11.5. The van der Waals surface area contributed by atoms with E-state index < -0.39 is 0 Å². The van der Waals surface area contributed by atoms with E-state index in [0.717, 1.165) is 16.5 Å². The molecule has 0 saturated heterocycles. The van der Waals surface area contributed by atoms with Gasteiger partial charge in [0.25, 0.3) is 0 Å². The Balaban J connectivity index is 1.81. The maximum atomic E-state index is 6.29. The van der Waals surface area contributed by atoms with E-state index >= 15 is 0 Å². The van der Waals surface area contributed by atoms with Crippen molar-refractivity contribution in [1.82, 2.24) is 5.32 Å². The third kappa shape index (κ3) is 2.88. The number of hydrogen-bond acceptors (Lipinski definition) is 2. The van der Waals surface area contributed by atoms with Gasteiger partial charge in [-0.1, -0.05) is 54.1 Å². The van der Waals surface area contributed by atoms with Gasteiger partial charge in [-0.2, -0.15) is 11.8 Å². The highest BCUT2D eigenvalue weighted by atomic mass is 35.5. The Morgan fingerprint density at radius 3 is 2.75 bits per heavy atom. The molecule has 20 heavy (non-hydrogen) atoms. The van der Waals surface area contributed by atoms with Crippen LogP contribution in [0.4, 0.5) is 0 Å². The molecule has 2 atom stereocenters. The first-order valence-electron chi connectivity index (χ1n) is 6.91. The van der Waals surface area contributed by atoms with Crippen molar-refractivity contribution in [3.05, 3.63) is 70.2 Å². The van der Waals surface area contributed by atoms with Crippen molar-refractivity contribution in [2.75, 3.05) is 5.75 Å². The molecule has 3 rings (SSSR count). The van der Waals surface area contributed by atoms with E-state index in [9.17, 15) is 0 Å². The number of benzene rings is 2. The van der Waals surface area contributed by atoms with Gasteiger partial charge in [-0.25, -0.2) is 0 Å². The molecule has 0 spiro atoms. The summed E-state index contributed by atoms with van der Waals surface area (Å²) in [6.07, 6.45) is 0. The van der Waals surface area contributed by atoms with E-state index in [1.54, 1.807) is 0 Å². The van der Waals surface area contributed by atoms with Crippen molar-refractivity contribution in [2.45, 2.75) is 24.8 Å². The molecule has 0 bridgehead atoms. The van der Waals surface area contributed by atoms with Crippen molar-refractivity contribution < 1.29 is 0 Å². The van der Waals surface area contributed by atoms with E-state index in [1.165, 1.54) is 16.7 Å². The predicted octanol–water partition coefficient (Wildman–Crippen LogP) is 4.98. The van der Waals surface area contributed by atoms with Gasteiger partial charge in [0.2, 0.25) is 0 Å². The molecule has 1 nitrogen and oxygen atoms in total. The highest BCUT2D eigenvalue weighted by Gasteiger charge is 2.22. The first-order valence-corrected chi connectivity index (χ1v) is 8.45. The van der Waals surface area contributed by atoms with Crippen molar-refractivity contribution in [2.24, 2.45) is 0 Å². The molecule has 1 heterocycles. The zero-order chi connectivity index (χ0) is 13.9. The molecular weight excluding hydrogens is 286 g/mol. The minimum Gasteiger partial charge on any atom is -0.303 e. The Morgan fingerprint density at radius 2 is 1.90 bits per heavy atom. The second-order valence-corrected chi connectivity index (χ2v) is 6.61. The molecule has 1 unspecified atom stereocenters. The Bertz CT molecular complexity index is 599. The Hall–Kier alpha value is -0.960. The van der Waals surface area contributed by atoms with Crippen molar-refractivity contribution >= 4 is 23.4 Å². The monoisotopic (exact) mass is 303 g/mol. The van der Waals surface area contributed by atoms with E-state index in [0.29, 0.717) is 6.04 Å². The average molecular weight is 304 g/mol. The topological polar surface area (TPSA) is 12.0 Å². The Morgan fingerprint density at radius 1 is 1.15 bits per heavy atom. The molecule has 0 saturated carbocycles. The fraction of sp³-hybridized carbons (Fsp3) is 0.294. The summed E-state index contributed by atoms with van der Waals surface area (Å²) in [4.78, 5) is 0. The number of hydrogen-bond donors (Lipinski definition) is 1. The highest BCUT2D eigenvalue weighted by Crippen LogP contribution is 2.33. The molecule has 1 N–H and O–H groups in total. The third-order valence-electron chi connectivity index (χ3n) is 3.80. The van der Waals surface area contributed by atoms with Crippen LogP contribution in [-0.2, 0) is 5.75 Å². The summed E-state index contributed by atoms with van der Waals surface area (Å²) in [6.45, 7) is 2.18. The standard InChI is InChI=1S/C17H18ClNS/c1-12(14-7-4-5-9-16(14)18)19-17-11-20-10-13-6-2-3-8-15(13)17/h2-9,12,17,19H,10-11H2,1H3/t12-,17?/m0/s1. The smallest absolute Gasteiger partial charge is 0.0453 e. The van der Waals surface area contributed by atoms with Gasteiger partial charge in [-0.05, 0) is 29.7 Å². The molecule has 1 aliphatic rings. The van der Waals surface area contributed by atoms with Crippen LogP contribution in [0.15, 0.2) is 48.5 Å². The lowest BCUT2D eigenvalue weighted by atomic mass is 10.00. The normalized spacial score (nSPS) is 19.4. The van der Waals surface area contributed by atoms with Gasteiger partial charge in [0.05, 0.1) is 0 Å². The molecule has 0 amide bonds. The quantitative estimate of drug-likeness (QED) is 0.858. The lowest BCUT2D eigenvalue weighted by molar-refractivity contribution is 0.496. The predicted molar refractivity (Wildman–Crippen MR) is 88.3 cm³/mol. The highest BCUT2D eigenvalue weighted by molar-refractivity contribution is 7.98. The van der Waals surface area contributed by atoms with Crippen LogP contribution in [-0.4, -0.2) is 5.75 Å². The Labute approximate surface area is 129 Å². The van der Waals surface area contributed by atoms with Crippen molar-refractivity contribution in [3.8, 4) is 0 Å². The Kier molecular flexibility index (Phi) is 4.35. The van der Waals surface area contributed by atoms with Gasteiger partial charge in [0, 0.05) is 28.6 Å². The zero-order valence-corrected chi connectivity index (χ0v) is 13.0. The van der Waals surface area contributed by atoms with Crippen molar-refractivity contribution in [3.63, 3.8) is 0 Å². The minimum atomic E-state index is 0.250. The molecule has 2 aromatic carbocycles. The molecule has 2 aromatic rings. The van der Waals surface area contributed by atoms with Crippen molar-refractivity contribution in [1.29, 1.82) is 0 Å².